The van der Waals surface area contributed by atoms with E-state index in [4.69, 9.17) is 11.6 Å². The first kappa shape index (κ1) is 16.8. The highest BCUT2D eigenvalue weighted by atomic mass is 35.5. The predicted octanol–water partition coefficient (Wildman–Crippen LogP) is 3.78. The van der Waals surface area contributed by atoms with Gasteiger partial charge >= 0.3 is 0 Å². The number of imidazole rings is 1. The number of aryl methyl sites for hydroxylation is 1. The summed E-state index contributed by atoms with van der Waals surface area (Å²) in [6.07, 6.45) is 3.87. The smallest absolute Gasteiger partial charge is 0.251 e. The number of fused-ring (bicyclic) bond motifs is 1. The van der Waals surface area contributed by atoms with E-state index in [9.17, 15) is 4.79 Å². The van der Waals surface area contributed by atoms with E-state index in [1.165, 1.54) is 0 Å². The lowest BCUT2D eigenvalue weighted by Crippen LogP contribution is -2.22. The highest BCUT2D eigenvalue weighted by Gasteiger charge is 2.12. The van der Waals surface area contributed by atoms with Crippen molar-refractivity contribution in [3.05, 3.63) is 69.7 Å². The molecule has 4 rings (SSSR count). The third-order valence-electron chi connectivity index (χ3n) is 4.15. The molecule has 1 amide bonds. The van der Waals surface area contributed by atoms with Crippen molar-refractivity contribution >= 4 is 33.8 Å². The van der Waals surface area contributed by atoms with Crippen molar-refractivity contribution in [3.63, 3.8) is 0 Å². The Labute approximate surface area is 159 Å². The standard InChI is InChI=1S/C18H16ClN5OS/c1-11-16(19)12(2)24(22-11)15-5-3-13(4-6-15)17(25)20-9-14-10-23-7-8-26-18(23)21-14/h3-8,10H,9H2,1-2H3,(H,20,25). The van der Waals surface area contributed by atoms with Crippen LogP contribution < -0.4 is 5.32 Å². The Balaban J connectivity index is 1.46. The molecule has 0 atom stereocenters. The zero-order chi connectivity index (χ0) is 18.3. The van der Waals surface area contributed by atoms with E-state index in [1.807, 2.05) is 48.2 Å². The minimum absolute atomic E-state index is 0.140. The van der Waals surface area contributed by atoms with Crippen LogP contribution in [0.25, 0.3) is 10.6 Å². The lowest BCUT2D eigenvalue weighted by atomic mass is 10.2. The number of hydrogen-bond donors (Lipinski definition) is 1. The SMILES string of the molecule is Cc1nn(-c2ccc(C(=O)NCc3cn4ccsc4n3)cc2)c(C)c1Cl. The number of carbonyl (C=O) groups is 1. The first-order chi connectivity index (χ1) is 12.5. The average Bonchev–Trinajstić information content (AvgIpc) is 3.30. The summed E-state index contributed by atoms with van der Waals surface area (Å²) in [5.41, 5.74) is 3.94. The van der Waals surface area contributed by atoms with Crippen molar-refractivity contribution in [1.82, 2.24) is 24.5 Å². The van der Waals surface area contributed by atoms with E-state index in [-0.39, 0.29) is 5.91 Å². The van der Waals surface area contributed by atoms with E-state index < -0.39 is 0 Å². The quantitative estimate of drug-likeness (QED) is 0.581. The summed E-state index contributed by atoms with van der Waals surface area (Å²) in [6.45, 7) is 4.18. The van der Waals surface area contributed by atoms with E-state index in [2.05, 4.69) is 15.4 Å². The van der Waals surface area contributed by atoms with Gasteiger partial charge in [0.25, 0.3) is 5.91 Å². The van der Waals surface area contributed by atoms with Gasteiger partial charge < -0.3 is 5.32 Å². The highest BCUT2D eigenvalue weighted by molar-refractivity contribution is 7.15. The van der Waals surface area contributed by atoms with Crippen molar-refractivity contribution in [2.45, 2.75) is 20.4 Å². The second-order valence-electron chi connectivity index (χ2n) is 5.95. The van der Waals surface area contributed by atoms with Gasteiger partial charge in [0.2, 0.25) is 0 Å². The van der Waals surface area contributed by atoms with Crippen LogP contribution in [0, 0.1) is 13.8 Å². The maximum atomic E-state index is 12.4. The Morgan fingerprint density at radius 3 is 2.69 bits per heavy atom. The third-order valence-corrected chi connectivity index (χ3v) is 5.47. The van der Waals surface area contributed by atoms with Gasteiger partial charge in [-0.1, -0.05) is 11.6 Å². The highest BCUT2D eigenvalue weighted by Crippen LogP contribution is 2.22. The van der Waals surface area contributed by atoms with E-state index in [0.717, 1.165) is 27.7 Å². The number of carbonyl (C=O) groups excluding carboxylic acids is 1. The molecular weight excluding hydrogens is 370 g/mol. The molecule has 6 nitrogen and oxygen atoms in total. The molecule has 0 aliphatic carbocycles. The van der Waals surface area contributed by atoms with Crippen molar-refractivity contribution in [2.24, 2.45) is 0 Å². The number of amides is 1. The Bertz CT molecular complexity index is 1060. The summed E-state index contributed by atoms with van der Waals surface area (Å²) in [5, 5.41) is 9.95. The van der Waals surface area contributed by atoms with Crippen LogP contribution in [0.1, 0.15) is 27.4 Å². The first-order valence-electron chi connectivity index (χ1n) is 8.04. The first-order valence-corrected chi connectivity index (χ1v) is 9.30. The lowest BCUT2D eigenvalue weighted by molar-refractivity contribution is 0.0950. The van der Waals surface area contributed by atoms with Gasteiger partial charge in [0.05, 0.1) is 34.3 Å². The van der Waals surface area contributed by atoms with Crippen LogP contribution >= 0.6 is 22.9 Å². The molecule has 3 heterocycles. The van der Waals surface area contributed by atoms with Crippen LogP contribution in [0.5, 0.6) is 0 Å². The van der Waals surface area contributed by atoms with Gasteiger partial charge in [0.1, 0.15) is 0 Å². The summed E-state index contributed by atoms with van der Waals surface area (Å²) in [7, 11) is 0. The molecule has 3 aromatic heterocycles. The molecule has 0 fully saturated rings. The van der Waals surface area contributed by atoms with Gasteiger partial charge in [-0.3, -0.25) is 9.20 Å². The third kappa shape index (κ3) is 3.00. The normalized spacial score (nSPS) is 11.2. The van der Waals surface area contributed by atoms with Gasteiger partial charge in [-0.05, 0) is 38.1 Å². The van der Waals surface area contributed by atoms with E-state index >= 15 is 0 Å². The predicted molar refractivity (Wildman–Crippen MR) is 102 cm³/mol. The van der Waals surface area contributed by atoms with Crippen molar-refractivity contribution in [2.75, 3.05) is 0 Å². The molecule has 0 saturated carbocycles. The molecule has 0 radical (unpaired) electrons. The van der Waals surface area contributed by atoms with Gasteiger partial charge in [-0.2, -0.15) is 5.10 Å². The number of nitrogens with one attached hydrogen (secondary N) is 1. The zero-order valence-electron chi connectivity index (χ0n) is 14.2. The summed E-state index contributed by atoms with van der Waals surface area (Å²) >= 11 is 7.76. The molecule has 4 aromatic rings. The zero-order valence-corrected chi connectivity index (χ0v) is 15.8. The number of rotatable bonds is 4. The summed E-state index contributed by atoms with van der Waals surface area (Å²) in [6, 6.07) is 7.27. The molecule has 132 valence electrons. The summed E-state index contributed by atoms with van der Waals surface area (Å²) in [5.74, 6) is -0.140. The Kier molecular flexibility index (Phi) is 4.26. The van der Waals surface area contributed by atoms with Crippen LogP contribution in [0.4, 0.5) is 0 Å². The Morgan fingerprint density at radius 1 is 1.27 bits per heavy atom. The second-order valence-corrected chi connectivity index (χ2v) is 7.20. The largest absolute Gasteiger partial charge is 0.346 e. The average molecular weight is 386 g/mol. The van der Waals surface area contributed by atoms with Crippen LogP contribution in [0.3, 0.4) is 0 Å². The van der Waals surface area contributed by atoms with E-state index in [1.54, 1.807) is 28.2 Å². The number of aromatic nitrogens is 4. The molecule has 0 bridgehead atoms. The van der Waals surface area contributed by atoms with Crippen molar-refractivity contribution < 1.29 is 4.79 Å². The molecule has 0 aliphatic heterocycles. The molecule has 0 aliphatic rings. The number of benzene rings is 1. The Hall–Kier alpha value is -2.64. The number of hydrogen-bond acceptors (Lipinski definition) is 4. The van der Waals surface area contributed by atoms with Crippen LogP contribution in [0.15, 0.2) is 42.0 Å². The van der Waals surface area contributed by atoms with Gasteiger partial charge in [0, 0.05) is 23.3 Å². The fourth-order valence-electron chi connectivity index (χ4n) is 2.76. The molecule has 26 heavy (non-hydrogen) atoms. The minimum Gasteiger partial charge on any atom is -0.346 e. The molecule has 0 spiro atoms. The fourth-order valence-corrected chi connectivity index (χ4v) is 3.60. The van der Waals surface area contributed by atoms with Crippen LogP contribution in [-0.4, -0.2) is 25.1 Å². The maximum Gasteiger partial charge on any atom is 0.251 e. The Morgan fingerprint density at radius 2 is 2.04 bits per heavy atom. The number of halogens is 1. The molecule has 1 aromatic carbocycles. The molecule has 1 N–H and O–H groups in total. The van der Waals surface area contributed by atoms with Crippen molar-refractivity contribution in [1.29, 1.82) is 0 Å². The molecule has 0 saturated heterocycles. The fraction of sp³-hybridized carbons (Fsp3) is 0.167. The summed E-state index contributed by atoms with van der Waals surface area (Å²) < 4.78 is 3.72. The number of nitrogens with zero attached hydrogens (tertiary/aromatic N) is 4. The number of thiazole rings is 1. The van der Waals surface area contributed by atoms with Gasteiger partial charge in [-0.25, -0.2) is 9.67 Å². The van der Waals surface area contributed by atoms with Crippen molar-refractivity contribution in [3.8, 4) is 5.69 Å². The minimum atomic E-state index is -0.140. The molecular formula is C18H16ClN5OS. The molecule has 8 heteroatoms. The maximum absolute atomic E-state index is 12.4. The molecule has 0 unspecified atom stereocenters. The lowest BCUT2D eigenvalue weighted by Gasteiger charge is -2.07. The monoisotopic (exact) mass is 385 g/mol. The second kappa shape index (κ2) is 6.59. The van der Waals surface area contributed by atoms with Crippen LogP contribution in [-0.2, 0) is 6.54 Å². The van der Waals surface area contributed by atoms with E-state index in [0.29, 0.717) is 17.1 Å². The topological polar surface area (TPSA) is 64.2 Å². The summed E-state index contributed by atoms with van der Waals surface area (Å²) in [4.78, 5) is 17.7. The van der Waals surface area contributed by atoms with Crippen LogP contribution in [0.2, 0.25) is 5.02 Å². The van der Waals surface area contributed by atoms with Gasteiger partial charge in [-0.15, -0.1) is 11.3 Å². The van der Waals surface area contributed by atoms with Gasteiger partial charge in [0.15, 0.2) is 4.96 Å².